The van der Waals surface area contributed by atoms with Gasteiger partial charge in [-0.15, -0.1) is 0 Å². The smallest absolute Gasteiger partial charge is 0.303 e. The summed E-state index contributed by atoms with van der Waals surface area (Å²) in [4.78, 5) is 41.2. The van der Waals surface area contributed by atoms with Crippen LogP contribution in [0.4, 0.5) is 5.69 Å². The predicted molar refractivity (Wildman–Crippen MR) is 218 cm³/mol. The monoisotopic (exact) mass is 774 g/mol. The first-order chi connectivity index (χ1) is 27.8. The van der Waals surface area contributed by atoms with E-state index < -0.39 is 17.8 Å². The summed E-state index contributed by atoms with van der Waals surface area (Å²) >= 11 is 0. The Kier molecular flexibility index (Phi) is 13.3. The lowest BCUT2D eigenvalue weighted by atomic mass is 9.85. The normalized spacial score (nSPS) is 20.7. The second-order valence-electron chi connectivity index (χ2n) is 15.5. The Morgan fingerprint density at radius 2 is 1.51 bits per heavy atom. The van der Waals surface area contributed by atoms with Crippen LogP contribution in [0.1, 0.15) is 92.4 Å². The largest absolute Gasteiger partial charge is 0.481 e. The number of carbonyl (C=O) groups is 3. The highest BCUT2D eigenvalue weighted by molar-refractivity contribution is 5.93. The van der Waals surface area contributed by atoms with Crippen molar-refractivity contribution in [1.29, 1.82) is 0 Å². The molecular formula is C46H54N4O7. The molecule has 3 aliphatic heterocycles. The van der Waals surface area contributed by atoms with Gasteiger partial charge in [-0.05, 0) is 77.8 Å². The zero-order valence-corrected chi connectivity index (χ0v) is 32.5. The van der Waals surface area contributed by atoms with Crippen molar-refractivity contribution < 1.29 is 34.1 Å². The zero-order chi connectivity index (χ0) is 39.6. The lowest BCUT2D eigenvalue weighted by Gasteiger charge is -2.45. The van der Waals surface area contributed by atoms with Crippen molar-refractivity contribution in [1.82, 2.24) is 15.5 Å². The van der Waals surface area contributed by atoms with E-state index >= 15 is 0 Å². The van der Waals surface area contributed by atoms with Gasteiger partial charge < -0.3 is 40.1 Å². The van der Waals surface area contributed by atoms with E-state index in [4.69, 9.17) is 14.6 Å². The van der Waals surface area contributed by atoms with E-state index in [0.717, 1.165) is 84.3 Å². The van der Waals surface area contributed by atoms with Gasteiger partial charge in [-0.2, -0.15) is 0 Å². The van der Waals surface area contributed by atoms with Crippen LogP contribution in [0.5, 0.6) is 0 Å². The fraction of sp³-hybridized carbons (Fsp3) is 0.413. The molecule has 3 fully saturated rings. The number of ether oxygens (including phenoxy) is 2. The van der Waals surface area contributed by atoms with Crippen molar-refractivity contribution in [2.75, 3.05) is 31.2 Å². The molecule has 300 valence electrons. The molecule has 3 heterocycles. The van der Waals surface area contributed by atoms with E-state index in [2.05, 4.69) is 56.8 Å². The van der Waals surface area contributed by atoms with Gasteiger partial charge in [0.05, 0.1) is 25.5 Å². The molecule has 3 aliphatic rings. The number of aliphatic hydroxyl groups is 1. The number of piperidine rings is 1. The molecule has 1 spiro atoms. The highest BCUT2D eigenvalue weighted by Gasteiger charge is 2.50. The Balaban J connectivity index is 1.01. The van der Waals surface area contributed by atoms with Crippen LogP contribution in [0.2, 0.25) is 0 Å². The number of likely N-dealkylation sites (tertiary alicyclic amines) is 1. The number of carbonyl (C=O) groups excluding carboxylic acids is 2. The average Bonchev–Trinajstić information content (AvgIpc) is 3.56. The third kappa shape index (κ3) is 10.1. The molecule has 0 unspecified atom stereocenters. The zero-order valence-electron chi connectivity index (χ0n) is 32.5. The molecule has 7 rings (SSSR count). The number of nitrogens with zero attached hydrogens (tertiary/aromatic N) is 2. The van der Waals surface area contributed by atoms with E-state index in [1.807, 2.05) is 66.7 Å². The third-order valence-electron chi connectivity index (χ3n) is 11.6. The summed E-state index contributed by atoms with van der Waals surface area (Å²) in [5, 5.41) is 24.6. The van der Waals surface area contributed by atoms with Gasteiger partial charge in [-0.1, -0.05) is 91.7 Å². The molecule has 4 aromatic carbocycles. The van der Waals surface area contributed by atoms with Crippen molar-refractivity contribution in [3.05, 3.63) is 125 Å². The molecule has 0 saturated carbocycles. The number of rotatable bonds is 16. The first-order valence-corrected chi connectivity index (χ1v) is 20.3. The molecule has 57 heavy (non-hydrogen) atoms. The van der Waals surface area contributed by atoms with Crippen molar-refractivity contribution in [2.24, 2.45) is 0 Å². The van der Waals surface area contributed by atoms with Crippen molar-refractivity contribution >= 4 is 23.5 Å². The summed E-state index contributed by atoms with van der Waals surface area (Å²) in [6, 6.07) is 34.5. The molecule has 0 aliphatic carbocycles. The molecule has 2 amide bonds. The Hall–Kier alpha value is -5.07. The fourth-order valence-electron chi connectivity index (χ4n) is 8.39. The number of amides is 2. The van der Waals surface area contributed by atoms with Crippen LogP contribution in [-0.2, 0) is 37.0 Å². The maximum Gasteiger partial charge on any atom is 0.303 e. The number of carboxylic acid groups (broad SMARTS) is 1. The van der Waals surface area contributed by atoms with Crippen LogP contribution in [0.15, 0.2) is 103 Å². The van der Waals surface area contributed by atoms with E-state index in [1.165, 1.54) is 0 Å². The van der Waals surface area contributed by atoms with Crippen molar-refractivity contribution in [3.8, 4) is 11.1 Å². The third-order valence-corrected chi connectivity index (χ3v) is 11.6. The number of para-hydroxylation sites is 1. The van der Waals surface area contributed by atoms with Crippen LogP contribution in [-0.4, -0.2) is 70.8 Å². The van der Waals surface area contributed by atoms with E-state index in [1.54, 1.807) is 0 Å². The Bertz CT molecular complexity index is 1970. The van der Waals surface area contributed by atoms with Gasteiger partial charge in [0.1, 0.15) is 5.54 Å². The maximum absolute atomic E-state index is 13.3. The summed E-state index contributed by atoms with van der Waals surface area (Å²) in [7, 11) is 0. The number of hydrogen-bond donors (Lipinski definition) is 4. The Labute approximate surface area is 335 Å². The van der Waals surface area contributed by atoms with Gasteiger partial charge in [-0.3, -0.25) is 14.4 Å². The number of aliphatic carboxylic acids is 1. The van der Waals surface area contributed by atoms with E-state index in [0.29, 0.717) is 39.0 Å². The second kappa shape index (κ2) is 18.9. The minimum atomic E-state index is -0.780. The van der Waals surface area contributed by atoms with Gasteiger partial charge in [-0.25, -0.2) is 0 Å². The first-order valence-electron chi connectivity index (χ1n) is 20.3. The molecule has 0 aromatic heterocycles. The predicted octanol–water partition coefficient (Wildman–Crippen LogP) is 6.86. The van der Waals surface area contributed by atoms with Gasteiger partial charge in [0.2, 0.25) is 11.8 Å². The molecule has 4 aromatic rings. The lowest BCUT2D eigenvalue weighted by molar-refractivity contribution is -0.253. The standard InChI is InChI=1S/C46H54N4O7/c51-31-33-18-20-35(21-19-33)41-28-40(30-49-24-22-46(23-25-49)45(55)48-32-50(46)39-14-4-3-5-15-39)56-44(57-41)38-13-9-12-37(27-38)36-11-8-10-34(26-36)29-47-42(52)16-6-1-2-7-17-43(53)54/h3-5,8-15,18-21,26-27,40-41,44,51H,1-2,6-7,16-17,22-25,28-32H2,(H,47,52)(H,48,55)(H,53,54)/t40-,41+,44+/m1/s1. The maximum atomic E-state index is 13.3. The molecule has 0 radical (unpaired) electrons. The topological polar surface area (TPSA) is 141 Å². The van der Waals surface area contributed by atoms with Gasteiger partial charge in [0, 0.05) is 56.7 Å². The highest BCUT2D eigenvalue weighted by atomic mass is 16.7. The Morgan fingerprint density at radius 1 is 0.789 bits per heavy atom. The quantitative estimate of drug-likeness (QED) is 0.0900. The minimum Gasteiger partial charge on any atom is -0.481 e. The van der Waals surface area contributed by atoms with Gasteiger partial charge in [0.25, 0.3) is 0 Å². The first kappa shape index (κ1) is 40.1. The van der Waals surface area contributed by atoms with Crippen molar-refractivity contribution in [2.45, 2.75) is 95.0 Å². The van der Waals surface area contributed by atoms with Crippen LogP contribution >= 0.6 is 0 Å². The molecule has 11 nitrogen and oxygen atoms in total. The number of carboxylic acids is 1. The van der Waals surface area contributed by atoms with Gasteiger partial charge in [0.15, 0.2) is 6.29 Å². The summed E-state index contributed by atoms with van der Waals surface area (Å²) in [5.74, 6) is -0.685. The molecule has 0 bridgehead atoms. The molecular weight excluding hydrogens is 721 g/mol. The van der Waals surface area contributed by atoms with Crippen LogP contribution in [0.25, 0.3) is 11.1 Å². The number of anilines is 1. The lowest BCUT2D eigenvalue weighted by Crippen LogP contribution is -2.57. The summed E-state index contributed by atoms with van der Waals surface area (Å²) in [5.41, 5.74) is 6.33. The average molecular weight is 775 g/mol. The number of benzene rings is 4. The number of unbranched alkanes of at least 4 members (excludes halogenated alkanes) is 3. The number of nitrogens with one attached hydrogen (secondary N) is 2. The van der Waals surface area contributed by atoms with Crippen molar-refractivity contribution in [3.63, 3.8) is 0 Å². The Morgan fingerprint density at radius 3 is 2.25 bits per heavy atom. The second-order valence-corrected chi connectivity index (χ2v) is 15.5. The van der Waals surface area contributed by atoms with Crippen LogP contribution in [0.3, 0.4) is 0 Å². The summed E-state index contributed by atoms with van der Waals surface area (Å²) < 4.78 is 13.5. The number of aliphatic hydroxyl groups excluding tert-OH is 1. The highest BCUT2D eigenvalue weighted by Crippen LogP contribution is 2.41. The van der Waals surface area contributed by atoms with E-state index in [9.17, 15) is 19.5 Å². The minimum absolute atomic E-state index is 0.00964. The number of hydrogen-bond acceptors (Lipinski definition) is 8. The van der Waals surface area contributed by atoms with E-state index in [-0.39, 0.29) is 37.0 Å². The molecule has 4 N–H and O–H groups in total. The molecule has 3 atom stereocenters. The summed E-state index contributed by atoms with van der Waals surface area (Å²) in [6.07, 6.45) is 4.81. The molecule has 11 heteroatoms. The van der Waals surface area contributed by atoms with Gasteiger partial charge >= 0.3 is 5.97 Å². The fourth-order valence-corrected chi connectivity index (χ4v) is 8.39. The SMILES string of the molecule is O=C(O)CCCCCCC(=O)NCc1cccc(-c2cccc([C@H]3O[C@@H](CN4CCC5(CC4)C(=O)NCN5c4ccccc4)C[C@@H](c4ccc(CO)cc4)O3)c2)c1. The van der Waals surface area contributed by atoms with Crippen LogP contribution in [0, 0.1) is 0 Å². The molecule has 3 saturated heterocycles. The summed E-state index contributed by atoms with van der Waals surface area (Å²) in [6.45, 7) is 3.19. The van der Waals surface area contributed by atoms with Crippen LogP contribution < -0.4 is 15.5 Å².